The molecule has 0 radical (unpaired) electrons. The first-order valence-electron chi connectivity index (χ1n) is 12.4. The number of aliphatic hydroxyl groups is 1. The van der Waals surface area contributed by atoms with Crippen molar-refractivity contribution in [2.75, 3.05) is 33.4 Å². The molecule has 0 unspecified atom stereocenters. The molecule has 7 heteroatoms. The number of aliphatic hydroxyl groups excluding tert-OH is 1. The van der Waals surface area contributed by atoms with E-state index in [4.69, 9.17) is 4.74 Å². The van der Waals surface area contributed by atoms with Gasteiger partial charge in [-0.15, -0.1) is 0 Å². The maximum absolute atomic E-state index is 13.5. The van der Waals surface area contributed by atoms with Crippen LogP contribution in [0.3, 0.4) is 0 Å². The molecule has 2 aromatic carbocycles. The maximum atomic E-state index is 13.5. The van der Waals surface area contributed by atoms with E-state index >= 15 is 0 Å². The van der Waals surface area contributed by atoms with Crippen LogP contribution >= 0.6 is 0 Å². The number of nitrogens with zero attached hydrogens (tertiary/aromatic N) is 2. The molecule has 6 nitrogen and oxygen atoms in total. The molecule has 1 N–H and O–H groups in total. The topological polar surface area (TPSA) is 70.1 Å². The van der Waals surface area contributed by atoms with Gasteiger partial charge in [-0.3, -0.25) is 4.90 Å². The SMILES string of the molecule is COc1ccc(S(=O)(=O)N2CCCCN3[C@H](C2)[C@H](c2ccc(C#CCC(C)C)cc2)[C@@H]3CO)cc1. The molecule has 2 heterocycles. The first kappa shape index (κ1) is 25.7. The highest BCUT2D eigenvalue weighted by Gasteiger charge is 2.50. The summed E-state index contributed by atoms with van der Waals surface area (Å²) in [6.07, 6.45) is 2.57. The lowest BCUT2D eigenvalue weighted by atomic mass is 9.74. The highest BCUT2D eigenvalue weighted by Crippen LogP contribution is 2.42. The smallest absolute Gasteiger partial charge is 0.243 e. The van der Waals surface area contributed by atoms with Gasteiger partial charge >= 0.3 is 0 Å². The average molecular weight is 497 g/mol. The van der Waals surface area contributed by atoms with E-state index in [1.807, 2.05) is 12.1 Å². The van der Waals surface area contributed by atoms with Crippen molar-refractivity contribution in [3.63, 3.8) is 0 Å². The standard InChI is InChI=1S/C28H36N2O4S/c1-21(2)7-6-8-22-9-11-23(12-10-22)28-26-19-29(17-4-5-18-30(26)27(28)20-31)35(32,33)25-15-13-24(34-3)14-16-25/h9-16,21,26-28,31H,4-5,7,17-20H2,1-3H3/t26-,27+,28+/m1/s1. The van der Waals surface area contributed by atoms with E-state index in [0.29, 0.717) is 24.8 Å². The summed E-state index contributed by atoms with van der Waals surface area (Å²) in [6.45, 7) is 6.15. The highest BCUT2D eigenvalue weighted by molar-refractivity contribution is 7.89. The van der Waals surface area contributed by atoms with Crippen LogP contribution in [0, 0.1) is 17.8 Å². The maximum Gasteiger partial charge on any atom is 0.243 e. The molecule has 0 aromatic heterocycles. The predicted molar refractivity (Wildman–Crippen MR) is 138 cm³/mol. The van der Waals surface area contributed by atoms with Gasteiger partial charge in [-0.1, -0.05) is 37.8 Å². The Morgan fingerprint density at radius 3 is 2.37 bits per heavy atom. The molecule has 2 aromatic rings. The fourth-order valence-corrected chi connectivity index (χ4v) is 6.67. The third-order valence-electron chi connectivity index (χ3n) is 7.07. The summed E-state index contributed by atoms with van der Waals surface area (Å²) in [7, 11) is -2.07. The summed E-state index contributed by atoms with van der Waals surface area (Å²) in [5, 5.41) is 10.2. The Morgan fingerprint density at radius 1 is 1.06 bits per heavy atom. The van der Waals surface area contributed by atoms with Crippen molar-refractivity contribution in [2.24, 2.45) is 5.92 Å². The Balaban J connectivity index is 1.56. The third-order valence-corrected chi connectivity index (χ3v) is 8.95. The quantitative estimate of drug-likeness (QED) is 0.618. The number of hydrogen-bond donors (Lipinski definition) is 1. The molecule has 2 fully saturated rings. The Kier molecular flexibility index (Phi) is 8.18. The average Bonchev–Trinajstić information content (AvgIpc) is 2.83. The lowest BCUT2D eigenvalue weighted by Gasteiger charge is -2.57. The molecule has 0 spiro atoms. The monoisotopic (exact) mass is 496 g/mol. The van der Waals surface area contributed by atoms with Gasteiger partial charge in [-0.25, -0.2) is 8.42 Å². The zero-order valence-electron chi connectivity index (χ0n) is 20.9. The van der Waals surface area contributed by atoms with Gasteiger partial charge < -0.3 is 9.84 Å². The molecule has 0 amide bonds. The zero-order valence-corrected chi connectivity index (χ0v) is 21.7. The van der Waals surface area contributed by atoms with Gasteiger partial charge in [0, 0.05) is 43.1 Å². The molecule has 2 aliphatic heterocycles. The molecule has 35 heavy (non-hydrogen) atoms. The number of sulfonamides is 1. The molecule has 4 rings (SSSR count). The molecular formula is C28H36N2O4S. The van der Waals surface area contributed by atoms with Crippen LogP contribution in [0.2, 0.25) is 0 Å². The van der Waals surface area contributed by atoms with Gasteiger partial charge in [0.05, 0.1) is 18.6 Å². The van der Waals surface area contributed by atoms with Gasteiger partial charge in [0.25, 0.3) is 0 Å². The van der Waals surface area contributed by atoms with Crippen LogP contribution in [0.5, 0.6) is 5.75 Å². The first-order chi connectivity index (χ1) is 16.8. The van der Waals surface area contributed by atoms with Crippen molar-refractivity contribution in [3.8, 4) is 17.6 Å². The predicted octanol–water partition coefficient (Wildman–Crippen LogP) is 3.71. The molecule has 0 aliphatic carbocycles. The van der Waals surface area contributed by atoms with E-state index in [1.165, 1.54) is 0 Å². The summed E-state index contributed by atoms with van der Waals surface area (Å²) in [5.74, 6) is 7.70. The number of hydrogen-bond acceptors (Lipinski definition) is 5. The summed E-state index contributed by atoms with van der Waals surface area (Å²) < 4.78 is 33.8. The molecule has 2 aliphatic rings. The largest absolute Gasteiger partial charge is 0.497 e. The molecule has 2 saturated heterocycles. The van der Waals surface area contributed by atoms with Crippen molar-refractivity contribution in [2.45, 2.75) is 56.0 Å². The molecular weight excluding hydrogens is 460 g/mol. The van der Waals surface area contributed by atoms with Crippen LogP contribution in [-0.4, -0.2) is 68.2 Å². The summed E-state index contributed by atoms with van der Waals surface area (Å²) in [6, 6.07) is 14.9. The summed E-state index contributed by atoms with van der Waals surface area (Å²) in [4.78, 5) is 2.57. The van der Waals surface area contributed by atoms with Crippen molar-refractivity contribution in [1.29, 1.82) is 0 Å². The van der Waals surface area contributed by atoms with E-state index in [1.54, 1.807) is 35.7 Å². The lowest BCUT2D eigenvalue weighted by Crippen LogP contribution is -2.67. The van der Waals surface area contributed by atoms with Gasteiger partial charge in [0.15, 0.2) is 0 Å². The van der Waals surface area contributed by atoms with E-state index in [-0.39, 0.29) is 29.5 Å². The number of methoxy groups -OCH3 is 1. The minimum Gasteiger partial charge on any atom is -0.497 e. The minimum atomic E-state index is -3.63. The Morgan fingerprint density at radius 2 is 1.74 bits per heavy atom. The van der Waals surface area contributed by atoms with Crippen molar-refractivity contribution in [1.82, 2.24) is 9.21 Å². The fraction of sp³-hybridized carbons (Fsp3) is 0.500. The van der Waals surface area contributed by atoms with Crippen molar-refractivity contribution >= 4 is 10.0 Å². The zero-order chi connectivity index (χ0) is 25.0. The van der Waals surface area contributed by atoms with Gasteiger partial charge in [-0.05, 0) is 67.3 Å². The number of ether oxygens (including phenoxy) is 1. The van der Waals surface area contributed by atoms with Gasteiger partial charge in [0.1, 0.15) is 5.75 Å². The minimum absolute atomic E-state index is 0.00140. The van der Waals surface area contributed by atoms with Crippen LogP contribution in [0.15, 0.2) is 53.4 Å². The van der Waals surface area contributed by atoms with Crippen molar-refractivity contribution < 1.29 is 18.3 Å². The van der Waals surface area contributed by atoms with E-state index < -0.39 is 10.0 Å². The van der Waals surface area contributed by atoms with Crippen molar-refractivity contribution in [3.05, 3.63) is 59.7 Å². The number of rotatable bonds is 6. The normalized spacial score (nSPS) is 23.4. The van der Waals surface area contributed by atoms with Crippen LogP contribution in [0.1, 0.15) is 50.2 Å². The van der Waals surface area contributed by atoms with Crippen LogP contribution < -0.4 is 4.74 Å². The summed E-state index contributed by atoms with van der Waals surface area (Å²) in [5.41, 5.74) is 2.11. The molecule has 188 valence electrons. The Bertz CT molecular complexity index is 1150. The Hall–Kier alpha value is -2.37. The van der Waals surface area contributed by atoms with Gasteiger partial charge in [-0.2, -0.15) is 4.31 Å². The fourth-order valence-electron chi connectivity index (χ4n) is 5.17. The highest BCUT2D eigenvalue weighted by atomic mass is 32.2. The lowest BCUT2D eigenvalue weighted by molar-refractivity contribution is -0.0553. The van der Waals surface area contributed by atoms with E-state index in [0.717, 1.165) is 36.9 Å². The first-order valence-corrected chi connectivity index (χ1v) is 13.9. The number of fused-ring (bicyclic) bond motifs is 1. The molecule has 0 saturated carbocycles. The van der Waals surface area contributed by atoms with Crippen LogP contribution in [0.4, 0.5) is 0 Å². The second kappa shape index (κ2) is 11.1. The third kappa shape index (κ3) is 5.57. The molecule has 3 atom stereocenters. The second-order valence-corrected chi connectivity index (χ2v) is 11.8. The van der Waals surface area contributed by atoms with Crippen LogP contribution in [0.25, 0.3) is 0 Å². The van der Waals surface area contributed by atoms with Gasteiger partial charge in [0.2, 0.25) is 10.0 Å². The Labute approximate surface area is 210 Å². The van der Waals surface area contributed by atoms with E-state index in [2.05, 4.69) is 42.7 Å². The van der Waals surface area contributed by atoms with E-state index in [9.17, 15) is 13.5 Å². The summed E-state index contributed by atoms with van der Waals surface area (Å²) >= 11 is 0. The van der Waals surface area contributed by atoms with Crippen LogP contribution in [-0.2, 0) is 10.0 Å². The molecule has 0 bridgehead atoms. The second-order valence-electron chi connectivity index (χ2n) is 9.85. The number of benzene rings is 2.